The molecule has 2 saturated heterocycles. The number of fused-ring (bicyclic) bond motifs is 3. The minimum absolute atomic E-state index is 0.113. The molecule has 3 aliphatic rings. The van der Waals surface area contributed by atoms with E-state index in [0.717, 1.165) is 25.8 Å². The van der Waals surface area contributed by atoms with E-state index >= 15 is 0 Å². The van der Waals surface area contributed by atoms with Gasteiger partial charge in [-0.3, -0.25) is 9.79 Å². The number of nitrogens with one attached hydrogen (secondary N) is 2. The molecule has 3 aliphatic heterocycles. The maximum atomic E-state index is 12.5. The van der Waals surface area contributed by atoms with Crippen LogP contribution < -0.4 is 10.6 Å². The van der Waals surface area contributed by atoms with Crippen LogP contribution in [0.5, 0.6) is 0 Å². The minimum atomic E-state index is 0.113. The van der Waals surface area contributed by atoms with Crippen molar-refractivity contribution >= 4 is 11.9 Å². The number of aliphatic imine (C=N–C) groups is 1. The quantitative estimate of drug-likeness (QED) is 0.637. The van der Waals surface area contributed by atoms with Gasteiger partial charge >= 0.3 is 0 Å². The number of carbonyl (C=O) groups excluding carboxylic acids is 1. The Labute approximate surface area is 148 Å². The van der Waals surface area contributed by atoms with Crippen molar-refractivity contribution in [3.05, 3.63) is 35.4 Å². The molecule has 6 nitrogen and oxygen atoms in total. The van der Waals surface area contributed by atoms with Gasteiger partial charge in [-0.1, -0.05) is 24.3 Å². The molecule has 6 heteroatoms. The van der Waals surface area contributed by atoms with Crippen LogP contribution in [0, 0.1) is 0 Å². The Bertz CT molecular complexity index is 675. The number of amides is 1. The predicted molar refractivity (Wildman–Crippen MR) is 96.4 cm³/mol. The molecule has 2 N–H and O–H groups in total. The van der Waals surface area contributed by atoms with E-state index in [1.54, 1.807) is 7.05 Å². The zero-order valence-electron chi connectivity index (χ0n) is 14.7. The topological polar surface area (TPSA) is 66.0 Å². The number of hydrogen-bond acceptors (Lipinski definition) is 3. The van der Waals surface area contributed by atoms with Crippen LogP contribution in [0.25, 0.3) is 0 Å². The first kappa shape index (κ1) is 16.4. The van der Waals surface area contributed by atoms with Crippen LogP contribution in [0.15, 0.2) is 29.3 Å². The van der Waals surface area contributed by atoms with Crippen LogP contribution in [-0.4, -0.2) is 55.2 Å². The number of carbonyl (C=O) groups is 1. The fraction of sp³-hybridized carbons (Fsp3) is 0.579. The van der Waals surface area contributed by atoms with E-state index in [2.05, 4.69) is 33.8 Å². The summed E-state index contributed by atoms with van der Waals surface area (Å²) in [7, 11) is 1.74. The van der Waals surface area contributed by atoms with Crippen molar-refractivity contribution < 1.29 is 9.53 Å². The largest absolute Gasteiger partial charge is 0.373 e. The number of benzene rings is 1. The molecular weight excluding hydrogens is 316 g/mol. The first-order valence-electron chi connectivity index (χ1n) is 9.20. The van der Waals surface area contributed by atoms with E-state index in [-0.39, 0.29) is 18.6 Å². The first-order valence-corrected chi connectivity index (χ1v) is 9.20. The number of guanidine groups is 1. The highest BCUT2D eigenvalue weighted by atomic mass is 16.5. The summed E-state index contributed by atoms with van der Waals surface area (Å²) in [5.41, 5.74) is 2.61. The van der Waals surface area contributed by atoms with Crippen molar-refractivity contribution in [3.63, 3.8) is 0 Å². The Hall–Kier alpha value is -2.08. The van der Waals surface area contributed by atoms with Crippen LogP contribution in [0.1, 0.15) is 30.4 Å². The second-order valence-electron chi connectivity index (χ2n) is 7.12. The van der Waals surface area contributed by atoms with Gasteiger partial charge in [0.25, 0.3) is 0 Å². The molecule has 25 heavy (non-hydrogen) atoms. The van der Waals surface area contributed by atoms with E-state index in [0.29, 0.717) is 24.7 Å². The SMILES string of the molecule is CN=C(NCC(=O)N1CCc2ccccc2C1)NC1CC2CCC1O2. The highest BCUT2D eigenvalue weighted by molar-refractivity contribution is 5.86. The average Bonchev–Trinajstić information content (AvgIpc) is 3.27. The summed E-state index contributed by atoms with van der Waals surface area (Å²) in [5.74, 6) is 0.800. The number of ether oxygens (including phenoxy) is 1. The second-order valence-corrected chi connectivity index (χ2v) is 7.12. The minimum Gasteiger partial charge on any atom is -0.373 e. The third kappa shape index (κ3) is 3.49. The van der Waals surface area contributed by atoms with Crippen molar-refractivity contribution in [2.75, 3.05) is 20.1 Å². The Kier molecular flexibility index (Phi) is 4.61. The lowest BCUT2D eigenvalue weighted by atomic mass is 9.96. The predicted octanol–water partition coefficient (Wildman–Crippen LogP) is 1.06. The molecule has 0 spiro atoms. The van der Waals surface area contributed by atoms with Crippen molar-refractivity contribution in [1.82, 2.24) is 15.5 Å². The second kappa shape index (κ2) is 7.04. The molecule has 3 atom stereocenters. The summed E-state index contributed by atoms with van der Waals surface area (Å²) in [4.78, 5) is 18.7. The van der Waals surface area contributed by atoms with Crippen molar-refractivity contribution in [1.29, 1.82) is 0 Å². The molecule has 4 rings (SSSR count). The zero-order valence-corrected chi connectivity index (χ0v) is 14.7. The highest BCUT2D eigenvalue weighted by Gasteiger charge is 2.41. The van der Waals surface area contributed by atoms with Crippen LogP contribution in [0.2, 0.25) is 0 Å². The van der Waals surface area contributed by atoms with Gasteiger partial charge in [0, 0.05) is 20.1 Å². The number of nitrogens with zero attached hydrogens (tertiary/aromatic N) is 2. The summed E-state index contributed by atoms with van der Waals surface area (Å²) >= 11 is 0. The molecule has 2 fully saturated rings. The van der Waals surface area contributed by atoms with Gasteiger partial charge in [-0.25, -0.2) is 0 Å². The summed E-state index contributed by atoms with van der Waals surface area (Å²) in [5, 5.41) is 6.58. The van der Waals surface area contributed by atoms with E-state index in [9.17, 15) is 4.79 Å². The monoisotopic (exact) mass is 342 g/mol. The highest BCUT2D eigenvalue weighted by Crippen LogP contribution is 2.34. The van der Waals surface area contributed by atoms with Crippen LogP contribution in [0.4, 0.5) is 0 Å². The fourth-order valence-electron chi connectivity index (χ4n) is 4.14. The molecule has 0 aromatic heterocycles. The molecule has 1 aromatic carbocycles. The van der Waals surface area contributed by atoms with Gasteiger partial charge < -0.3 is 20.3 Å². The number of hydrogen-bond donors (Lipinski definition) is 2. The number of rotatable bonds is 3. The lowest BCUT2D eigenvalue weighted by molar-refractivity contribution is -0.130. The van der Waals surface area contributed by atoms with E-state index < -0.39 is 0 Å². The first-order chi connectivity index (χ1) is 12.2. The summed E-state index contributed by atoms with van der Waals surface area (Å²) < 4.78 is 5.86. The summed E-state index contributed by atoms with van der Waals surface area (Å²) in [6.07, 6.45) is 4.93. The third-order valence-corrected chi connectivity index (χ3v) is 5.54. The molecule has 0 radical (unpaired) electrons. The van der Waals surface area contributed by atoms with Gasteiger partial charge in [0.1, 0.15) is 0 Å². The summed E-state index contributed by atoms with van der Waals surface area (Å²) in [6, 6.07) is 8.67. The molecular formula is C19H26N4O2. The Morgan fingerprint density at radius 2 is 2.16 bits per heavy atom. The average molecular weight is 342 g/mol. The standard InChI is InChI=1S/C19H26N4O2/c1-20-19(22-16-10-15-6-7-17(16)25-15)21-11-18(24)23-9-8-13-4-2-3-5-14(13)12-23/h2-5,15-17H,6-12H2,1H3,(H2,20,21,22). The van der Waals surface area contributed by atoms with Crippen molar-refractivity contribution in [2.24, 2.45) is 4.99 Å². The van der Waals surface area contributed by atoms with Crippen LogP contribution in [-0.2, 0) is 22.5 Å². The smallest absolute Gasteiger partial charge is 0.242 e. The van der Waals surface area contributed by atoms with Crippen LogP contribution >= 0.6 is 0 Å². The van der Waals surface area contributed by atoms with Gasteiger partial charge in [-0.2, -0.15) is 0 Å². The van der Waals surface area contributed by atoms with Gasteiger partial charge in [-0.05, 0) is 36.8 Å². The fourth-order valence-corrected chi connectivity index (χ4v) is 4.14. The maximum absolute atomic E-state index is 12.5. The maximum Gasteiger partial charge on any atom is 0.242 e. The van der Waals surface area contributed by atoms with E-state index in [1.165, 1.54) is 17.5 Å². The molecule has 0 aliphatic carbocycles. The van der Waals surface area contributed by atoms with Crippen LogP contribution in [0.3, 0.4) is 0 Å². The van der Waals surface area contributed by atoms with Crippen molar-refractivity contribution in [2.45, 2.75) is 50.5 Å². The molecule has 134 valence electrons. The van der Waals surface area contributed by atoms with Crippen molar-refractivity contribution in [3.8, 4) is 0 Å². The molecule has 1 amide bonds. The van der Waals surface area contributed by atoms with Gasteiger partial charge in [0.2, 0.25) is 5.91 Å². The molecule has 3 unspecified atom stereocenters. The molecule has 2 bridgehead atoms. The lowest BCUT2D eigenvalue weighted by Crippen LogP contribution is -2.50. The molecule has 1 aromatic rings. The Balaban J connectivity index is 1.28. The summed E-state index contributed by atoms with van der Waals surface area (Å²) in [6.45, 7) is 1.75. The van der Waals surface area contributed by atoms with Gasteiger partial charge in [0.05, 0.1) is 24.8 Å². The van der Waals surface area contributed by atoms with E-state index in [4.69, 9.17) is 4.74 Å². The normalized spacial score (nSPS) is 28.0. The Morgan fingerprint density at radius 1 is 1.32 bits per heavy atom. The zero-order chi connectivity index (χ0) is 17.2. The third-order valence-electron chi connectivity index (χ3n) is 5.54. The Morgan fingerprint density at radius 3 is 2.88 bits per heavy atom. The molecule has 3 heterocycles. The van der Waals surface area contributed by atoms with E-state index in [1.807, 2.05) is 11.0 Å². The van der Waals surface area contributed by atoms with Gasteiger partial charge in [-0.15, -0.1) is 0 Å². The van der Waals surface area contributed by atoms with Gasteiger partial charge in [0.15, 0.2) is 5.96 Å². The molecule has 0 saturated carbocycles. The lowest BCUT2D eigenvalue weighted by Gasteiger charge is -2.29.